The second kappa shape index (κ2) is 7.13. The van der Waals surface area contributed by atoms with Crippen LogP contribution in [0.2, 0.25) is 0 Å². The van der Waals surface area contributed by atoms with Gasteiger partial charge < -0.3 is 19.9 Å². The molecule has 0 aromatic rings. The van der Waals surface area contributed by atoms with Crippen molar-refractivity contribution < 1.29 is 24.2 Å². The highest BCUT2D eigenvalue weighted by Gasteiger charge is 2.43. The van der Waals surface area contributed by atoms with Crippen molar-refractivity contribution in [3.63, 3.8) is 0 Å². The summed E-state index contributed by atoms with van der Waals surface area (Å²) >= 11 is 0. The van der Waals surface area contributed by atoms with Crippen molar-refractivity contribution in [1.82, 2.24) is 5.32 Å². The minimum absolute atomic E-state index is 0.0288. The summed E-state index contributed by atoms with van der Waals surface area (Å²) in [5, 5.41) is 11.7. The van der Waals surface area contributed by atoms with E-state index in [2.05, 4.69) is 11.9 Å². The molecule has 0 spiro atoms. The Bertz CT molecular complexity index is 310. The fraction of sp³-hybridized carbons (Fsp3) is 0.667. The van der Waals surface area contributed by atoms with Gasteiger partial charge in [-0.15, -0.1) is 6.58 Å². The Morgan fingerprint density at radius 3 is 2.89 bits per heavy atom. The number of amides is 1. The van der Waals surface area contributed by atoms with E-state index < -0.39 is 11.5 Å². The molecule has 1 rings (SSSR count). The van der Waals surface area contributed by atoms with Gasteiger partial charge in [-0.3, -0.25) is 4.79 Å². The van der Waals surface area contributed by atoms with Crippen molar-refractivity contribution in [1.29, 1.82) is 0 Å². The van der Waals surface area contributed by atoms with E-state index in [0.717, 1.165) is 0 Å². The molecule has 0 bridgehead atoms. The van der Waals surface area contributed by atoms with Crippen molar-refractivity contribution in [3.8, 4) is 0 Å². The molecular formula is C12H19NO5. The maximum absolute atomic E-state index is 11.6. The summed E-state index contributed by atoms with van der Waals surface area (Å²) in [6, 6.07) is 0. The van der Waals surface area contributed by atoms with Crippen molar-refractivity contribution >= 4 is 11.9 Å². The number of carboxylic acid groups (broad SMARTS) is 1. The highest BCUT2D eigenvalue weighted by atomic mass is 16.5. The van der Waals surface area contributed by atoms with Crippen molar-refractivity contribution in [2.24, 2.45) is 0 Å². The first kappa shape index (κ1) is 14.7. The number of carbonyl (C=O) groups is 2. The molecule has 1 heterocycles. The van der Waals surface area contributed by atoms with Gasteiger partial charge in [-0.25, -0.2) is 4.79 Å². The van der Waals surface area contributed by atoms with Crippen LogP contribution in [0.25, 0.3) is 0 Å². The van der Waals surface area contributed by atoms with E-state index in [9.17, 15) is 9.59 Å². The zero-order valence-corrected chi connectivity index (χ0v) is 10.3. The number of rotatable bonds is 8. The predicted octanol–water partition coefficient (Wildman–Crippen LogP) is 0.329. The molecule has 1 aliphatic heterocycles. The number of aliphatic carboxylic acids is 1. The van der Waals surface area contributed by atoms with Crippen LogP contribution in [0.15, 0.2) is 12.7 Å². The molecule has 6 heteroatoms. The van der Waals surface area contributed by atoms with E-state index in [-0.39, 0.29) is 18.9 Å². The molecule has 0 aliphatic carbocycles. The number of carbonyl (C=O) groups excluding carboxylic acids is 1. The van der Waals surface area contributed by atoms with Crippen LogP contribution >= 0.6 is 0 Å². The summed E-state index contributed by atoms with van der Waals surface area (Å²) in [5.74, 6) is -1.33. The van der Waals surface area contributed by atoms with Crippen LogP contribution < -0.4 is 5.32 Å². The van der Waals surface area contributed by atoms with Gasteiger partial charge in [0.05, 0.1) is 13.2 Å². The van der Waals surface area contributed by atoms with Gasteiger partial charge in [0.2, 0.25) is 5.91 Å². The second-order valence-corrected chi connectivity index (χ2v) is 4.21. The Kier molecular flexibility index (Phi) is 5.80. The summed E-state index contributed by atoms with van der Waals surface area (Å²) in [6.45, 7) is 4.80. The van der Waals surface area contributed by atoms with E-state index in [1.165, 1.54) is 0 Å². The molecule has 0 radical (unpaired) electrons. The predicted molar refractivity (Wildman–Crippen MR) is 64.2 cm³/mol. The second-order valence-electron chi connectivity index (χ2n) is 4.21. The monoisotopic (exact) mass is 257 g/mol. The summed E-state index contributed by atoms with van der Waals surface area (Å²) in [7, 11) is 0. The van der Waals surface area contributed by atoms with Crippen molar-refractivity contribution in [3.05, 3.63) is 12.7 Å². The molecule has 1 unspecified atom stereocenters. The Morgan fingerprint density at radius 1 is 1.56 bits per heavy atom. The number of carboxylic acids is 1. The highest BCUT2D eigenvalue weighted by molar-refractivity contribution is 5.87. The van der Waals surface area contributed by atoms with E-state index in [4.69, 9.17) is 14.6 Å². The third kappa shape index (κ3) is 4.12. The van der Waals surface area contributed by atoms with Crippen molar-refractivity contribution in [2.45, 2.75) is 24.8 Å². The van der Waals surface area contributed by atoms with Crippen LogP contribution in [0, 0.1) is 0 Å². The zero-order chi connectivity index (χ0) is 13.4. The summed E-state index contributed by atoms with van der Waals surface area (Å²) in [6.07, 6.45) is 2.73. The van der Waals surface area contributed by atoms with Gasteiger partial charge in [0, 0.05) is 26.1 Å². The Labute approximate surface area is 106 Å². The molecule has 1 atom stereocenters. The van der Waals surface area contributed by atoms with E-state index in [1.807, 2.05) is 0 Å². The molecule has 1 amide bonds. The third-order valence-corrected chi connectivity index (χ3v) is 2.74. The maximum atomic E-state index is 11.6. The molecule has 2 N–H and O–H groups in total. The van der Waals surface area contributed by atoms with Gasteiger partial charge in [-0.1, -0.05) is 6.08 Å². The number of hydrogen-bond donors (Lipinski definition) is 2. The average molecular weight is 257 g/mol. The van der Waals surface area contributed by atoms with Crippen molar-refractivity contribution in [2.75, 3.05) is 26.4 Å². The standard InChI is InChI=1S/C12H19NO5/c1-2-6-17-7-3-4-10(14)13-12(11(15)16)5-8-18-9-12/h2H,1,3-9H2,(H,13,14)(H,15,16). The first-order chi connectivity index (χ1) is 8.60. The molecule has 0 saturated carbocycles. The molecule has 0 aromatic heterocycles. The SMILES string of the molecule is C=CCOCCCC(=O)NC1(C(=O)O)CCOC1. The molecule has 1 saturated heterocycles. The van der Waals surface area contributed by atoms with E-state index in [0.29, 0.717) is 32.7 Å². The quantitative estimate of drug-likeness (QED) is 0.483. The number of nitrogens with one attached hydrogen (secondary N) is 1. The third-order valence-electron chi connectivity index (χ3n) is 2.74. The van der Waals surface area contributed by atoms with Crippen LogP contribution in [0.5, 0.6) is 0 Å². The maximum Gasteiger partial charge on any atom is 0.331 e. The molecule has 1 fully saturated rings. The molecule has 6 nitrogen and oxygen atoms in total. The molecular weight excluding hydrogens is 238 g/mol. The Balaban J connectivity index is 2.29. The summed E-state index contributed by atoms with van der Waals surface area (Å²) in [4.78, 5) is 22.8. The number of hydrogen-bond acceptors (Lipinski definition) is 4. The number of ether oxygens (including phenoxy) is 2. The van der Waals surface area contributed by atoms with Gasteiger partial charge in [0.25, 0.3) is 0 Å². The van der Waals surface area contributed by atoms with Gasteiger partial charge in [0.1, 0.15) is 0 Å². The Morgan fingerprint density at radius 2 is 2.33 bits per heavy atom. The fourth-order valence-electron chi connectivity index (χ4n) is 1.72. The lowest BCUT2D eigenvalue weighted by Gasteiger charge is -2.23. The first-order valence-electron chi connectivity index (χ1n) is 5.91. The van der Waals surface area contributed by atoms with Crippen LogP contribution in [-0.2, 0) is 19.1 Å². The van der Waals surface area contributed by atoms with E-state index >= 15 is 0 Å². The minimum atomic E-state index is -1.25. The Hall–Kier alpha value is -1.40. The smallest absolute Gasteiger partial charge is 0.331 e. The molecule has 1 aliphatic rings. The molecule has 18 heavy (non-hydrogen) atoms. The zero-order valence-electron chi connectivity index (χ0n) is 10.3. The van der Waals surface area contributed by atoms with E-state index in [1.54, 1.807) is 6.08 Å². The summed E-state index contributed by atoms with van der Waals surface area (Å²) < 4.78 is 10.2. The van der Waals surface area contributed by atoms with Crippen LogP contribution in [0.3, 0.4) is 0 Å². The largest absolute Gasteiger partial charge is 0.479 e. The van der Waals surface area contributed by atoms with Gasteiger partial charge in [-0.05, 0) is 6.42 Å². The van der Waals surface area contributed by atoms with Gasteiger partial charge in [-0.2, -0.15) is 0 Å². The lowest BCUT2D eigenvalue weighted by atomic mass is 9.99. The first-order valence-corrected chi connectivity index (χ1v) is 5.91. The highest BCUT2D eigenvalue weighted by Crippen LogP contribution is 2.19. The fourth-order valence-corrected chi connectivity index (χ4v) is 1.72. The topological polar surface area (TPSA) is 84.9 Å². The molecule has 102 valence electrons. The molecule has 0 aromatic carbocycles. The average Bonchev–Trinajstić information content (AvgIpc) is 2.78. The van der Waals surface area contributed by atoms with Crippen LogP contribution in [0.4, 0.5) is 0 Å². The van der Waals surface area contributed by atoms with Gasteiger partial charge in [0.15, 0.2) is 5.54 Å². The lowest BCUT2D eigenvalue weighted by Crippen LogP contribution is -2.55. The lowest BCUT2D eigenvalue weighted by molar-refractivity contribution is -0.147. The van der Waals surface area contributed by atoms with Gasteiger partial charge >= 0.3 is 5.97 Å². The minimum Gasteiger partial charge on any atom is -0.479 e. The summed E-state index contributed by atoms with van der Waals surface area (Å²) in [5.41, 5.74) is -1.25. The van der Waals surface area contributed by atoms with Crippen LogP contribution in [0.1, 0.15) is 19.3 Å². The normalized spacial score (nSPS) is 22.7. The van der Waals surface area contributed by atoms with Crippen LogP contribution in [-0.4, -0.2) is 48.9 Å².